The summed E-state index contributed by atoms with van der Waals surface area (Å²) in [5, 5.41) is 14.7. The molecule has 3 heterocycles. The predicted octanol–water partition coefficient (Wildman–Crippen LogP) is 4.24. The van der Waals surface area contributed by atoms with Crippen molar-refractivity contribution < 1.29 is 9.90 Å². The van der Waals surface area contributed by atoms with Gasteiger partial charge >= 0.3 is 5.97 Å². The number of carbonyl (C=O) groups is 1. The predicted molar refractivity (Wildman–Crippen MR) is 128 cm³/mol. The summed E-state index contributed by atoms with van der Waals surface area (Å²) >= 11 is 6.25. The quantitative estimate of drug-likeness (QED) is 0.469. The third kappa shape index (κ3) is 5.22. The van der Waals surface area contributed by atoms with E-state index in [2.05, 4.69) is 50.0 Å². The Hall–Kier alpha value is -2.64. The van der Waals surface area contributed by atoms with Gasteiger partial charge in [0.1, 0.15) is 0 Å². The lowest BCUT2D eigenvalue weighted by Crippen LogP contribution is -2.38. The number of aromatic carboxylic acids is 1. The van der Waals surface area contributed by atoms with Crippen LogP contribution in [-0.2, 0) is 13.0 Å². The highest BCUT2D eigenvalue weighted by molar-refractivity contribution is 6.31. The van der Waals surface area contributed by atoms with Crippen molar-refractivity contribution in [1.82, 2.24) is 19.9 Å². The number of hydrogen-bond acceptors (Lipinski definition) is 5. The van der Waals surface area contributed by atoms with E-state index in [1.54, 1.807) is 0 Å². The van der Waals surface area contributed by atoms with E-state index in [0.29, 0.717) is 11.9 Å². The molecule has 32 heavy (non-hydrogen) atoms. The second-order valence-corrected chi connectivity index (χ2v) is 8.91. The molecule has 1 aliphatic heterocycles. The molecular formula is C24H30ClN5O2. The highest BCUT2D eigenvalue weighted by atomic mass is 35.5. The van der Waals surface area contributed by atoms with Crippen LogP contribution in [0.1, 0.15) is 42.1 Å². The van der Waals surface area contributed by atoms with Crippen molar-refractivity contribution in [3.05, 3.63) is 52.9 Å². The summed E-state index contributed by atoms with van der Waals surface area (Å²) in [6.45, 7) is 6.95. The van der Waals surface area contributed by atoms with E-state index in [4.69, 9.17) is 16.7 Å². The lowest BCUT2D eigenvalue weighted by molar-refractivity contribution is 0.0696. The first kappa shape index (κ1) is 22.6. The van der Waals surface area contributed by atoms with Gasteiger partial charge in [0, 0.05) is 54.2 Å². The highest BCUT2D eigenvalue weighted by Crippen LogP contribution is 2.26. The van der Waals surface area contributed by atoms with E-state index in [1.807, 2.05) is 6.07 Å². The fraction of sp³-hybridized carbons (Fsp3) is 0.458. The number of piperidine rings is 1. The van der Waals surface area contributed by atoms with Crippen LogP contribution in [0.3, 0.4) is 0 Å². The van der Waals surface area contributed by atoms with Gasteiger partial charge in [0.2, 0.25) is 5.95 Å². The molecule has 1 aliphatic rings. The minimum atomic E-state index is -1.00. The fourth-order valence-corrected chi connectivity index (χ4v) is 4.60. The first-order chi connectivity index (χ1) is 15.5. The van der Waals surface area contributed by atoms with Gasteiger partial charge in [-0.1, -0.05) is 18.5 Å². The van der Waals surface area contributed by atoms with Crippen LogP contribution < -0.4 is 10.2 Å². The average Bonchev–Trinajstić information content (AvgIpc) is 3.14. The Morgan fingerprint density at radius 2 is 2.00 bits per heavy atom. The third-order valence-electron chi connectivity index (χ3n) is 6.18. The van der Waals surface area contributed by atoms with E-state index in [9.17, 15) is 4.79 Å². The van der Waals surface area contributed by atoms with Crippen LogP contribution in [0.25, 0.3) is 10.9 Å². The number of aryl methyl sites for hydroxylation is 1. The molecule has 2 aromatic heterocycles. The van der Waals surface area contributed by atoms with Gasteiger partial charge < -0.3 is 19.9 Å². The molecular weight excluding hydrogens is 426 g/mol. The minimum Gasteiger partial charge on any atom is -0.478 e. The maximum absolute atomic E-state index is 10.9. The molecule has 0 atom stereocenters. The Morgan fingerprint density at radius 1 is 1.25 bits per heavy atom. The molecule has 3 aromatic rings. The number of fused-ring (bicyclic) bond motifs is 1. The Kier molecular flexibility index (Phi) is 7.27. The van der Waals surface area contributed by atoms with Gasteiger partial charge in [-0.2, -0.15) is 0 Å². The summed E-state index contributed by atoms with van der Waals surface area (Å²) in [7, 11) is 0. The van der Waals surface area contributed by atoms with Crippen LogP contribution in [0, 0.1) is 5.92 Å². The van der Waals surface area contributed by atoms with Crippen LogP contribution in [0.5, 0.6) is 0 Å². The van der Waals surface area contributed by atoms with E-state index >= 15 is 0 Å². The zero-order valence-corrected chi connectivity index (χ0v) is 19.2. The van der Waals surface area contributed by atoms with Gasteiger partial charge in [-0.05, 0) is 68.5 Å². The van der Waals surface area contributed by atoms with Gasteiger partial charge in [0.15, 0.2) is 0 Å². The van der Waals surface area contributed by atoms with Crippen molar-refractivity contribution in [3.8, 4) is 0 Å². The number of nitrogens with zero attached hydrogens (tertiary/aromatic N) is 4. The Morgan fingerprint density at radius 3 is 2.69 bits per heavy atom. The largest absolute Gasteiger partial charge is 0.478 e. The number of anilines is 1. The molecule has 0 amide bonds. The molecule has 0 aliphatic carbocycles. The first-order valence-electron chi connectivity index (χ1n) is 11.3. The van der Waals surface area contributed by atoms with Crippen molar-refractivity contribution in [2.75, 3.05) is 31.1 Å². The maximum Gasteiger partial charge on any atom is 0.338 e. The van der Waals surface area contributed by atoms with Crippen molar-refractivity contribution >= 4 is 34.4 Å². The number of rotatable bonds is 9. The lowest BCUT2D eigenvalue weighted by atomic mass is 9.97. The Labute approximate surface area is 193 Å². The molecule has 7 nitrogen and oxygen atoms in total. The third-order valence-corrected chi connectivity index (χ3v) is 6.41. The molecule has 8 heteroatoms. The summed E-state index contributed by atoms with van der Waals surface area (Å²) in [5.74, 6) is 0.239. The average molecular weight is 456 g/mol. The van der Waals surface area contributed by atoms with Crippen LogP contribution >= 0.6 is 11.6 Å². The van der Waals surface area contributed by atoms with Gasteiger partial charge in [-0.25, -0.2) is 14.8 Å². The molecule has 1 aromatic carbocycles. The number of nitrogens with one attached hydrogen (secondary N) is 1. The molecule has 2 N–H and O–H groups in total. The van der Waals surface area contributed by atoms with Gasteiger partial charge in [0.05, 0.1) is 5.56 Å². The van der Waals surface area contributed by atoms with Crippen LogP contribution in [0.4, 0.5) is 5.95 Å². The SMILES string of the molecule is CCCn1cc(CCNCC2CCN(c3ncc(C(=O)O)cn3)CC2)c2cc(Cl)ccc21. The molecule has 0 saturated carbocycles. The van der Waals surface area contributed by atoms with Gasteiger partial charge in [-0.3, -0.25) is 0 Å². The molecule has 0 spiro atoms. The van der Waals surface area contributed by atoms with Crippen LogP contribution in [-0.4, -0.2) is 51.8 Å². The molecule has 0 radical (unpaired) electrons. The Balaban J connectivity index is 1.25. The standard InChI is InChI=1S/C24H30ClN5O2/c1-2-9-30-16-18(21-12-20(25)3-4-22(21)30)5-8-26-13-17-6-10-29(11-7-17)24-27-14-19(15-28-24)23(31)32/h3-4,12,14-17,26H,2,5-11,13H2,1H3,(H,31,32). The normalized spacial score (nSPS) is 14.9. The van der Waals surface area contributed by atoms with Crippen molar-refractivity contribution in [3.63, 3.8) is 0 Å². The van der Waals surface area contributed by atoms with Gasteiger partial charge in [-0.15, -0.1) is 0 Å². The molecule has 170 valence electrons. The topological polar surface area (TPSA) is 83.3 Å². The molecule has 4 rings (SSSR count). The number of hydrogen-bond donors (Lipinski definition) is 2. The highest BCUT2D eigenvalue weighted by Gasteiger charge is 2.21. The summed E-state index contributed by atoms with van der Waals surface area (Å²) in [6, 6.07) is 6.17. The number of carboxylic acid groups (broad SMARTS) is 1. The summed E-state index contributed by atoms with van der Waals surface area (Å²) < 4.78 is 2.34. The number of carboxylic acids is 1. The summed E-state index contributed by atoms with van der Waals surface area (Å²) in [6.07, 6.45) is 9.27. The zero-order chi connectivity index (χ0) is 22.5. The number of benzene rings is 1. The number of aromatic nitrogens is 3. The van der Waals surface area contributed by atoms with Crippen LogP contribution in [0.15, 0.2) is 36.8 Å². The molecule has 1 saturated heterocycles. The van der Waals surface area contributed by atoms with Crippen LogP contribution in [0.2, 0.25) is 5.02 Å². The summed E-state index contributed by atoms with van der Waals surface area (Å²) in [4.78, 5) is 21.5. The smallest absolute Gasteiger partial charge is 0.338 e. The van der Waals surface area contributed by atoms with E-state index in [0.717, 1.165) is 63.4 Å². The van der Waals surface area contributed by atoms with E-state index in [-0.39, 0.29) is 5.56 Å². The van der Waals surface area contributed by atoms with Crippen molar-refractivity contribution in [2.45, 2.75) is 39.2 Å². The van der Waals surface area contributed by atoms with E-state index in [1.165, 1.54) is 28.9 Å². The zero-order valence-electron chi connectivity index (χ0n) is 18.4. The fourth-order valence-electron chi connectivity index (χ4n) is 4.43. The van der Waals surface area contributed by atoms with Gasteiger partial charge in [0.25, 0.3) is 0 Å². The Bertz CT molecular complexity index is 1060. The second kappa shape index (κ2) is 10.3. The molecule has 0 unspecified atom stereocenters. The molecule has 0 bridgehead atoms. The summed E-state index contributed by atoms with van der Waals surface area (Å²) in [5.41, 5.74) is 2.73. The monoisotopic (exact) mass is 455 g/mol. The maximum atomic E-state index is 10.9. The van der Waals surface area contributed by atoms with Crippen molar-refractivity contribution in [2.24, 2.45) is 5.92 Å². The second-order valence-electron chi connectivity index (χ2n) is 8.47. The lowest BCUT2D eigenvalue weighted by Gasteiger charge is -2.32. The molecule has 1 fully saturated rings. The van der Waals surface area contributed by atoms with Crippen molar-refractivity contribution in [1.29, 1.82) is 0 Å². The van der Waals surface area contributed by atoms with E-state index < -0.39 is 5.97 Å². The minimum absolute atomic E-state index is 0.118. The number of halogens is 1. The first-order valence-corrected chi connectivity index (χ1v) is 11.7.